The molecule has 0 saturated heterocycles. The van der Waals surface area contributed by atoms with Crippen molar-refractivity contribution in [2.24, 2.45) is 5.73 Å². The summed E-state index contributed by atoms with van der Waals surface area (Å²) >= 11 is 0. The normalized spacial score (nSPS) is 12.7. The monoisotopic (exact) mass is 263 g/mol. The summed E-state index contributed by atoms with van der Waals surface area (Å²) in [5.41, 5.74) is 8.58. The van der Waals surface area contributed by atoms with Crippen LogP contribution in [0.4, 0.5) is 5.69 Å². The van der Waals surface area contributed by atoms with E-state index in [2.05, 4.69) is 62.0 Å². The highest BCUT2D eigenvalue weighted by Gasteiger charge is 2.06. The maximum atomic E-state index is 6.05. The fourth-order valence-corrected chi connectivity index (χ4v) is 2.22. The molecule has 1 aromatic carbocycles. The van der Waals surface area contributed by atoms with Crippen LogP contribution in [0.3, 0.4) is 0 Å². The highest BCUT2D eigenvalue weighted by atomic mass is 15.1. The second-order valence-electron chi connectivity index (χ2n) is 5.34. The third-order valence-electron chi connectivity index (χ3n) is 3.54. The summed E-state index contributed by atoms with van der Waals surface area (Å²) in [7, 11) is 4.24. The van der Waals surface area contributed by atoms with Crippen molar-refractivity contribution >= 4 is 5.69 Å². The summed E-state index contributed by atoms with van der Waals surface area (Å²) in [6, 6.07) is 8.89. The number of anilines is 1. The van der Waals surface area contributed by atoms with Crippen LogP contribution in [0.25, 0.3) is 0 Å². The minimum absolute atomic E-state index is 0.165. The number of nitrogens with two attached hydrogens (primary N) is 1. The van der Waals surface area contributed by atoms with Crippen LogP contribution < -0.4 is 10.6 Å². The van der Waals surface area contributed by atoms with Crippen LogP contribution in [0.1, 0.15) is 38.3 Å². The molecule has 0 fully saturated rings. The maximum Gasteiger partial charge on any atom is 0.0366 e. The number of rotatable bonds is 8. The van der Waals surface area contributed by atoms with Crippen molar-refractivity contribution in [3.63, 3.8) is 0 Å². The molecule has 1 aromatic rings. The van der Waals surface area contributed by atoms with Gasteiger partial charge < -0.3 is 15.5 Å². The topological polar surface area (TPSA) is 32.5 Å². The van der Waals surface area contributed by atoms with Crippen LogP contribution >= 0.6 is 0 Å². The van der Waals surface area contributed by atoms with Gasteiger partial charge in [0.1, 0.15) is 0 Å². The fourth-order valence-electron chi connectivity index (χ4n) is 2.22. The molecule has 3 nitrogen and oxygen atoms in total. The molecule has 0 heterocycles. The summed E-state index contributed by atoms with van der Waals surface area (Å²) in [6.45, 7) is 7.62. The Labute approximate surface area is 118 Å². The van der Waals surface area contributed by atoms with Crippen molar-refractivity contribution < 1.29 is 0 Å². The first-order valence-corrected chi connectivity index (χ1v) is 7.33. The van der Waals surface area contributed by atoms with Crippen LogP contribution in [0.5, 0.6) is 0 Å². The molecule has 0 spiro atoms. The van der Waals surface area contributed by atoms with Gasteiger partial charge >= 0.3 is 0 Å². The Kier molecular flexibility index (Phi) is 6.89. The number of hydrogen-bond donors (Lipinski definition) is 1. The quantitative estimate of drug-likeness (QED) is 0.783. The van der Waals surface area contributed by atoms with Gasteiger partial charge in [0.15, 0.2) is 0 Å². The van der Waals surface area contributed by atoms with Crippen LogP contribution in [0, 0.1) is 0 Å². The summed E-state index contributed by atoms with van der Waals surface area (Å²) in [5.74, 6) is 0. The first-order chi connectivity index (χ1) is 9.08. The summed E-state index contributed by atoms with van der Waals surface area (Å²) < 4.78 is 0. The minimum Gasteiger partial charge on any atom is -0.372 e. The van der Waals surface area contributed by atoms with E-state index in [0.717, 1.165) is 26.1 Å². The zero-order valence-corrected chi connectivity index (χ0v) is 12.9. The highest BCUT2D eigenvalue weighted by Crippen LogP contribution is 2.19. The van der Waals surface area contributed by atoms with E-state index in [1.807, 2.05) is 0 Å². The molecule has 108 valence electrons. The van der Waals surface area contributed by atoms with E-state index in [1.165, 1.54) is 17.7 Å². The van der Waals surface area contributed by atoms with Gasteiger partial charge in [-0.2, -0.15) is 0 Å². The average molecular weight is 263 g/mol. The summed E-state index contributed by atoms with van der Waals surface area (Å²) in [4.78, 5) is 4.65. The molecule has 0 radical (unpaired) electrons. The van der Waals surface area contributed by atoms with Gasteiger partial charge in [0, 0.05) is 24.8 Å². The van der Waals surface area contributed by atoms with Gasteiger partial charge in [0.25, 0.3) is 0 Å². The highest BCUT2D eigenvalue weighted by molar-refractivity contribution is 5.47. The Hall–Kier alpha value is -1.06. The first kappa shape index (κ1) is 16.0. The number of nitrogens with zero attached hydrogens (tertiary/aromatic N) is 2. The average Bonchev–Trinajstić information content (AvgIpc) is 2.43. The Morgan fingerprint density at radius 3 is 2.16 bits per heavy atom. The third-order valence-corrected chi connectivity index (χ3v) is 3.54. The molecule has 1 atom stereocenters. The first-order valence-electron chi connectivity index (χ1n) is 7.33. The van der Waals surface area contributed by atoms with Gasteiger partial charge in [-0.25, -0.2) is 0 Å². The van der Waals surface area contributed by atoms with Crippen molar-refractivity contribution in [2.45, 2.75) is 32.7 Å². The second kappa shape index (κ2) is 8.18. The molecule has 0 aliphatic heterocycles. The van der Waals surface area contributed by atoms with E-state index in [1.54, 1.807) is 0 Å². The van der Waals surface area contributed by atoms with Gasteiger partial charge in [-0.1, -0.05) is 19.1 Å². The van der Waals surface area contributed by atoms with Crippen molar-refractivity contribution in [1.29, 1.82) is 0 Å². The lowest BCUT2D eigenvalue weighted by Gasteiger charge is -2.24. The second-order valence-corrected chi connectivity index (χ2v) is 5.34. The lowest BCUT2D eigenvalue weighted by atomic mass is 10.1. The summed E-state index contributed by atoms with van der Waals surface area (Å²) in [6.07, 6.45) is 2.18. The van der Waals surface area contributed by atoms with Gasteiger partial charge in [0.05, 0.1) is 0 Å². The van der Waals surface area contributed by atoms with Gasteiger partial charge in [0.2, 0.25) is 0 Å². The summed E-state index contributed by atoms with van der Waals surface area (Å²) in [5, 5.41) is 0. The molecule has 1 unspecified atom stereocenters. The van der Waals surface area contributed by atoms with Crippen LogP contribution in [0.15, 0.2) is 24.3 Å². The Balaban J connectivity index is 2.60. The number of benzene rings is 1. The van der Waals surface area contributed by atoms with Crippen molar-refractivity contribution in [3.05, 3.63) is 29.8 Å². The zero-order valence-electron chi connectivity index (χ0n) is 12.9. The van der Waals surface area contributed by atoms with Gasteiger partial charge in [-0.15, -0.1) is 0 Å². The van der Waals surface area contributed by atoms with Crippen molar-refractivity contribution in [1.82, 2.24) is 4.90 Å². The SMILES string of the molecule is CCC(N)c1ccc(N(CC)CCCN(C)C)cc1. The van der Waals surface area contributed by atoms with Crippen LogP contribution in [-0.2, 0) is 0 Å². The molecule has 3 heteroatoms. The molecule has 0 aromatic heterocycles. The molecule has 1 rings (SSSR count). The lowest BCUT2D eigenvalue weighted by Crippen LogP contribution is -2.27. The Bertz CT molecular complexity index is 346. The van der Waals surface area contributed by atoms with E-state index in [0.29, 0.717) is 0 Å². The van der Waals surface area contributed by atoms with Crippen LogP contribution in [-0.4, -0.2) is 38.6 Å². The minimum atomic E-state index is 0.165. The van der Waals surface area contributed by atoms with Crippen molar-refractivity contribution in [3.8, 4) is 0 Å². The lowest BCUT2D eigenvalue weighted by molar-refractivity contribution is 0.400. The molecule has 0 saturated carbocycles. The Morgan fingerprint density at radius 1 is 1.05 bits per heavy atom. The smallest absolute Gasteiger partial charge is 0.0366 e. The predicted molar refractivity (Wildman–Crippen MR) is 84.7 cm³/mol. The third kappa shape index (κ3) is 5.21. The Morgan fingerprint density at radius 2 is 1.68 bits per heavy atom. The largest absolute Gasteiger partial charge is 0.372 e. The molecular formula is C16H29N3. The molecular weight excluding hydrogens is 234 g/mol. The van der Waals surface area contributed by atoms with E-state index >= 15 is 0 Å². The zero-order chi connectivity index (χ0) is 14.3. The van der Waals surface area contributed by atoms with Gasteiger partial charge in [-0.05, 0) is 58.1 Å². The fraction of sp³-hybridized carbons (Fsp3) is 0.625. The molecule has 0 bridgehead atoms. The molecule has 0 amide bonds. The predicted octanol–water partition coefficient (Wildman–Crippen LogP) is 2.87. The van der Waals surface area contributed by atoms with E-state index in [-0.39, 0.29) is 6.04 Å². The molecule has 2 N–H and O–H groups in total. The van der Waals surface area contributed by atoms with E-state index in [9.17, 15) is 0 Å². The van der Waals surface area contributed by atoms with Crippen molar-refractivity contribution in [2.75, 3.05) is 38.6 Å². The molecule has 19 heavy (non-hydrogen) atoms. The molecule has 0 aliphatic carbocycles. The van der Waals surface area contributed by atoms with E-state index < -0.39 is 0 Å². The molecule has 0 aliphatic rings. The number of hydrogen-bond acceptors (Lipinski definition) is 3. The standard InChI is InChI=1S/C16H29N3/c1-5-16(17)14-8-10-15(11-9-14)19(6-2)13-7-12-18(3)4/h8-11,16H,5-7,12-13,17H2,1-4H3. The van der Waals surface area contributed by atoms with Gasteiger partial charge in [-0.3, -0.25) is 0 Å². The van der Waals surface area contributed by atoms with E-state index in [4.69, 9.17) is 5.73 Å². The maximum absolute atomic E-state index is 6.05. The van der Waals surface area contributed by atoms with Crippen LogP contribution in [0.2, 0.25) is 0 Å².